The summed E-state index contributed by atoms with van der Waals surface area (Å²) >= 11 is 0. The van der Waals surface area contributed by atoms with Crippen LogP contribution in [0.15, 0.2) is 42.5 Å². The van der Waals surface area contributed by atoms with Crippen LogP contribution >= 0.6 is 0 Å². The van der Waals surface area contributed by atoms with Crippen molar-refractivity contribution in [2.45, 2.75) is 6.54 Å². The lowest BCUT2D eigenvalue weighted by Crippen LogP contribution is -3.28. The molecule has 1 saturated heterocycles. The highest BCUT2D eigenvalue weighted by molar-refractivity contribution is 5.91. The number of ether oxygens (including phenoxy) is 2. The van der Waals surface area contributed by atoms with Gasteiger partial charge in [-0.05, 0) is 42.5 Å². The highest BCUT2D eigenvalue weighted by Crippen LogP contribution is 2.32. The SMILES string of the molecule is CN(C)c1ccc(NC(=O)C[NH+]2CC[NH+](Cc3ccc4c(c3)OCO4)CC2)cc1. The molecule has 7 nitrogen and oxygen atoms in total. The Morgan fingerprint density at radius 2 is 1.66 bits per heavy atom. The van der Waals surface area contributed by atoms with Crippen LogP contribution < -0.4 is 29.5 Å². The molecule has 7 heteroatoms. The predicted molar refractivity (Wildman–Crippen MR) is 112 cm³/mol. The van der Waals surface area contributed by atoms with Crippen molar-refractivity contribution < 1.29 is 24.1 Å². The Bertz CT molecular complexity index is 846. The van der Waals surface area contributed by atoms with E-state index in [0.717, 1.165) is 55.6 Å². The fraction of sp³-hybridized carbons (Fsp3) is 0.409. The average molecular weight is 399 g/mol. The van der Waals surface area contributed by atoms with Gasteiger partial charge in [-0.3, -0.25) is 4.79 Å². The number of carbonyl (C=O) groups is 1. The molecule has 0 bridgehead atoms. The van der Waals surface area contributed by atoms with E-state index in [4.69, 9.17) is 9.47 Å². The summed E-state index contributed by atoms with van der Waals surface area (Å²) in [4.78, 5) is 17.3. The van der Waals surface area contributed by atoms with Crippen LogP contribution in [-0.4, -0.2) is 59.5 Å². The third-order valence-electron chi connectivity index (χ3n) is 5.63. The molecule has 0 radical (unpaired) electrons. The number of piperazine rings is 1. The third-order valence-corrected chi connectivity index (χ3v) is 5.63. The molecule has 2 aromatic rings. The van der Waals surface area contributed by atoms with Crippen molar-refractivity contribution >= 4 is 17.3 Å². The maximum Gasteiger partial charge on any atom is 0.279 e. The first-order valence-electron chi connectivity index (χ1n) is 10.2. The largest absolute Gasteiger partial charge is 0.454 e. The molecule has 2 heterocycles. The summed E-state index contributed by atoms with van der Waals surface area (Å²) in [5, 5.41) is 3.02. The Labute approximate surface area is 171 Å². The van der Waals surface area contributed by atoms with Crippen LogP contribution in [-0.2, 0) is 11.3 Å². The number of carbonyl (C=O) groups excluding carboxylic acids is 1. The van der Waals surface area contributed by atoms with Gasteiger partial charge in [-0.2, -0.15) is 0 Å². The van der Waals surface area contributed by atoms with Crippen LogP contribution in [0, 0.1) is 0 Å². The summed E-state index contributed by atoms with van der Waals surface area (Å²) in [7, 11) is 4.01. The van der Waals surface area contributed by atoms with E-state index in [-0.39, 0.29) is 5.91 Å². The number of amides is 1. The standard InChI is InChI=1S/C22H28N4O3/c1-24(2)19-6-4-18(5-7-19)23-22(27)15-26-11-9-25(10-12-26)14-17-3-8-20-21(13-17)29-16-28-20/h3-8,13H,9-12,14-16H2,1-2H3,(H,23,27)/p+2. The minimum atomic E-state index is 0.0804. The summed E-state index contributed by atoms with van der Waals surface area (Å²) in [6, 6.07) is 14.1. The zero-order valence-electron chi connectivity index (χ0n) is 17.2. The van der Waals surface area contributed by atoms with E-state index in [1.165, 1.54) is 10.5 Å². The van der Waals surface area contributed by atoms with Crippen molar-refractivity contribution in [1.82, 2.24) is 0 Å². The van der Waals surface area contributed by atoms with Gasteiger partial charge < -0.3 is 29.5 Å². The zero-order valence-corrected chi connectivity index (χ0v) is 17.2. The van der Waals surface area contributed by atoms with E-state index >= 15 is 0 Å². The lowest BCUT2D eigenvalue weighted by molar-refractivity contribution is -1.02. The molecule has 0 unspecified atom stereocenters. The molecule has 0 aliphatic carbocycles. The molecule has 29 heavy (non-hydrogen) atoms. The average Bonchev–Trinajstić information content (AvgIpc) is 3.18. The van der Waals surface area contributed by atoms with Crippen molar-refractivity contribution in [3.63, 3.8) is 0 Å². The maximum absolute atomic E-state index is 12.4. The molecule has 0 atom stereocenters. The number of rotatable bonds is 6. The van der Waals surface area contributed by atoms with Crippen molar-refractivity contribution in [3.05, 3.63) is 48.0 Å². The van der Waals surface area contributed by atoms with Crippen LogP contribution in [0.5, 0.6) is 11.5 Å². The van der Waals surface area contributed by atoms with Crippen molar-refractivity contribution in [2.75, 3.05) is 63.8 Å². The van der Waals surface area contributed by atoms with Gasteiger partial charge in [0.05, 0.1) is 0 Å². The van der Waals surface area contributed by atoms with Crippen LogP contribution in [0.1, 0.15) is 5.56 Å². The molecular weight excluding hydrogens is 368 g/mol. The lowest BCUT2D eigenvalue weighted by atomic mass is 10.1. The van der Waals surface area contributed by atoms with Crippen LogP contribution in [0.3, 0.4) is 0 Å². The molecule has 0 spiro atoms. The summed E-state index contributed by atoms with van der Waals surface area (Å²) in [6.45, 7) is 5.96. The Morgan fingerprint density at radius 3 is 2.38 bits per heavy atom. The number of anilines is 2. The minimum absolute atomic E-state index is 0.0804. The topological polar surface area (TPSA) is 59.7 Å². The molecule has 154 valence electrons. The molecule has 2 aliphatic heterocycles. The Balaban J connectivity index is 1.21. The number of benzene rings is 2. The van der Waals surface area contributed by atoms with Gasteiger partial charge in [0, 0.05) is 31.0 Å². The summed E-state index contributed by atoms with van der Waals surface area (Å²) in [5.74, 6) is 1.76. The number of quaternary nitrogens is 2. The monoisotopic (exact) mass is 398 g/mol. The summed E-state index contributed by atoms with van der Waals surface area (Å²) in [6.07, 6.45) is 0. The number of fused-ring (bicyclic) bond motifs is 1. The fourth-order valence-electron chi connectivity index (χ4n) is 3.93. The highest BCUT2D eigenvalue weighted by atomic mass is 16.7. The van der Waals surface area contributed by atoms with E-state index in [0.29, 0.717) is 13.3 Å². The molecule has 1 amide bonds. The fourth-order valence-corrected chi connectivity index (χ4v) is 3.93. The zero-order chi connectivity index (χ0) is 20.2. The van der Waals surface area contributed by atoms with E-state index in [9.17, 15) is 4.79 Å². The highest BCUT2D eigenvalue weighted by Gasteiger charge is 2.25. The lowest BCUT2D eigenvalue weighted by Gasteiger charge is -2.29. The third kappa shape index (κ3) is 4.99. The van der Waals surface area contributed by atoms with Crippen molar-refractivity contribution in [1.29, 1.82) is 0 Å². The molecular formula is C22H30N4O3+2. The maximum atomic E-state index is 12.4. The smallest absolute Gasteiger partial charge is 0.279 e. The van der Waals surface area contributed by atoms with Crippen molar-refractivity contribution in [2.24, 2.45) is 0 Å². The first kappa shape index (κ1) is 19.5. The van der Waals surface area contributed by atoms with Gasteiger partial charge in [0.25, 0.3) is 5.91 Å². The van der Waals surface area contributed by atoms with E-state index in [2.05, 4.69) is 17.4 Å². The first-order valence-corrected chi connectivity index (χ1v) is 10.2. The molecule has 0 aromatic heterocycles. The van der Waals surface area contributed by atoms with Crippen LogP contribution in [0.25, 0.3) is 0 Å². The van der Waals surface area contributed by atoms with Gasteiger partial charge >= 0.3 is 0 Å². The van der Waals surface area contributed by atoms with E-state index < -0.39 is 0 Å². The molecule has 2 aliphatic rings. The van der Waals surface area contributed by atoms with Gasteiger partial charge in [0.2, 0.25) is 6.79 Å². The first-order chi connectivity index (χ1) is 14.1. The van der Waals surface area contributed by atoms with Gasteiger partial charge in [0.15, 0.2) is 18.0 Å². The van der Waals surface area contributed by atoms with E-state index in [1.807, 2.05) is 49.3 Å². The Kier molecular flexibility index (Phi) is 5.87. The minimum Gasteiger partial charge on any atom is -0.454 e. The van der Waals surface area contributed by atoms with Crippen LogP contribution in [0.4, 0.5) is 11.4 Å². The normalized spacial score (nSPS) is 20.3. The Hall–Kier alpha value is -2.77. The van der Waals surface area contributed by atoms with Crippen molar-refractivity contribution in [3.8, 4) is 11.5 Å². The summed E-state index contributed by atoms with van der Waals surface area (Å²) in [5.41, 5.74) is 3.24. The second-order valence-electron chi connectivity index (χ2n) is 8.03. The summed E-state index contributed by atoms with van der Waals surface area (Å²) < 4.78 is 10.9. The predicted octanol–water partition coefficient (Wildman–Crippen LogP) is -0.597. The molecule has 0 saturated carbocycles. The second kappa shape index (κ2) is 8.71. The van der Waals surface area contributed by atoms with Crippen LogP contribution in [0.2, 0.25) is 0 Å². The second-order valence-corrected chi connectivity index (χ2v) is 8.03. The van der Waals surface area contributed by atoms with Gasteiger partial charge in [-0.15, -0.1) is 0 Å². The molecule has 4 rings (SSSR count). The number of nitrogens with one attached hydrogen (secondary N) is 3. The number of nitrogens with zero attached hydrogens (tertiary/aromatic N) is 1. The van der Waals surface area contributed by atoms with Gasteiger partial charge in [-0.25, -0.2) is 0 Å². The molecule has 2 aromatic carbocycles. The van der Waals surface area contributed by atoms with Gasteiger partial charge in [0.1, 0.15) is 32.7 Å². The number of hydrogen-bond acceptors (Lipinski definition) is 4. The van der Waals surface area contributed by atoms with Gasteiger partial charge in [-0.1, -0.05) is 0 Å². The van der Waals surface area contributed by atoms with E-state index in [1.54, 1.807) is 4.90 Å². The molecule has 1 fully saturated rings. The quantitative estimate of drug-likeness (QED) is 0.609. The number of hydrogen-bond donors (Lipinski definition) is 3. The molecule has 3 N–H and O–H groups in total. The Morgan fingerprint density at radius 1 is 0.966 bits per heavy atom.